The number of phenolic OH excluding ortho intramolecular Hbond substituents is 1. The number of nitrogens with one attached hydrogen (secondary N) is 1. The van der Waals surface area contributed by atoms with Gasteiger partial charge in [-0.2, -0.15) is 0 Å². The molecule has 0 saturated carbocycles. The Hall–Kier alpha value is -3.08. The quantitative estimate of drug-likeness (QED) is 0.643. The third-order valence-corrected chi connectivity index (χ3v) is 4.81. The van der Waals surface area contributed by atoms with Gasteiger partial charge in [-0.25, -0.2) is 0 Å². The summed E-state index contributed by atoms with van der Waals surface area (Å²) in [5, 5.41) is 12.7. The number of anilines is 1. The minimum atomic E-state index is -0.159. The molecule has 0 aliphatic carbocycles. The van der Waals surface area contributed by atoms with Crippen molar-refractivity contribution in [3.63, 3.8) is 0 Å². The van der Waals surface area contributed by atoms with Gasteiger partial charge in [0.25, 0.3) is 0 Å². The molecular weight excluding hydrogens is 340 g/mol. The van der Waals surface area contributed by atoms with Gasteiger partial charge >= 0.3 is 0 Å². The number of hydrogen-bond acceptors (Lipinski definition) is 3. The molecule has 0 radical (unpaired) electrons. The Bertz CT molecular complexity index is 838. The van der Waals surface area contributed by atoms with Gasteiger partial charge in [0.05, 0.1) is 5.69 Å². The summed E-state index contributed by atoms with van der Waals surface area (Å²) < 4.78 is 0. The molecule has 27 heavy (non-hydrogen) atoms. The fourth-order valence-corrected chi connectivity index (χ4v) is 3.18. The van der Waals surface area contributed by atoms with Crippen molar-refractivity contribution < 1.29 is 14.7 Å². The molecule has 140 valence electrons. The Labute approximate surface area is 159 Å². The molecule has 0 unspecified atom stereocenters. The molecule has 0 atom stereocenters. The van der Waals surface area contributed by atoms with Crippen molar-refractivity contribution in [3.05, 3.63) is 65.7 Å². The summed E-state index contributed by atoms with van der Waals surface area (Å²) in [5.74, 6) is -0.232. The Morgan fingerprint density at radius 1 is 1.11 bits per heavy atom. The van der Waals surface area contributed by atoms with Gasteiger partial charge in [0.2, 0.25) is 11.8 Å². The number of hydrogen-bond donors (Lipinski definition) is 2. The minimum Gasteiger partial charge on any atom is -0.506 e. The fourth-order valence-electron chi connectivity index (χ4n) is 3.18. The van der Waals surface area contributed by atoms with E-state index in [1.807, 2.05) is 43.3 Å². The first-order chi connectivity index (χ1) is 13.0. The second-order valence-corrected chi connectivity index (χ2v) is 6.85. The molecule has 0 aromatic heterocycles. The predicted molar refractivity (Wildman–Crippen MR) is 106 cm³/mol. The molecule has 0 spiro atoms. The number of phenols is 1. The molecule has 2 aromatic rings. The number of benzene rings is 2. The maximum Gasteiger partial charge on any atom is 0.246 e. The van der Waals surface area contributed by atoms with Crippen LogP contribution in [-0.4, -0.2) is 34.9 Å². The van der Waals surface area contributed by atoms with Gasteiger partial charge in [-0.1, -0.05) is 36.4 Å². The van der Waals surface area contributed by atoms with Crippen LogP contribution in [0.4, 0.5) is 5.69 Å². The van der Waals surface area contributed by atoms with E-state index >= 15 is 0 Å². The number of carbonyl (C=O) groups is 2. The van der Waals surface area contributed by atoms with Crippen molar-refractivity contribution in [2.75, 3.05) is 18.4 Å². The maximum absolute atomic E-state index is 12.5. The van der Waals surface area contributed by atoms with Crippen LogP contribution in [0.3, 0.4) is 0 Å². The summed E-state index contributed by atoms with van der Waals surface area (Å²) in [6, 6.07) is 14.9. The van der Waals surface area contributed by atoms with Crippen LogP contribution in [0.25, 0.3) is 6.08 Å². The third kappa shape index (κ3) is 4.97. The van der Waals surface area contributed by atoms with Gasteiger partial charge in [0.1, 0.15) is 5.75 Å². The molecule has 2 N–H and O–H groups in total. The first kappa shape index (κ1) is 18.7. The van der Waals surface area contributed by atoms with Crippen LogP contribution in [0.15, 0.2) is 54.6 Å². The summed E-state index contributed by atoms with van der Waals surface area (Å²) in [5.41, 5.74) is 2.34. The molecule has 1 heterocycles. The van der Waals surface area contributed by atoms with E-state index in [1.54, 1.807) is 29.2 Å². The Balaban J connectivity index is 1.51. The average molecular weight is 364 g/mol. The van der Waals surface area contributed by atoms with Crippen LogP contribution < -0.4 is 5.32 Å². The van der Waals surface area contributed by atoms with Gasteiger partial charge in [-0.05, 0) is 49.1 Å². The predicted octanol–water partition coefficient (Wildman–Crippen LogP) is 3.59. The third-order valence-electron chi connectivity index (χ3n) is 4.81. The van der Waals surface area contributed by atoms with E-state index in [0.717, 1.165) is 11.1 Å². The monoisotopic (exact) mass is 364 g/mol. The number of aromatic hydroxyl groups is 1. The first-order valence-corrected chi connectivity index (χ1v) is 9.15. The highest BCUT2D eigenvalue weighted by Gasteiger charge is 2.27. The Morgan fingerprint density at radius 2 is 1.81 bits per heavy atom. The van der Waals surface area contributed by atoms with Gasteiger partial charge < -0.3 is 15.3 Å². The van der Waals surface area contributed by atoms with E-state index in [1.165, 1.54) is 0 Å². The molecule has 5 nitrogen and oxygen atoms in total. The average Bonchev–Trinajstić information content (AvgIpc) is 2.69. The highest BCUT2D eigenvalue weighted by molar-refractivity contribution is 5.95. The van der Waals surface area contributed by atoms with Gasteiger partial charge in [-0.3, -0.25) is 9.59 Å². The zero-order valence-corrected chi connectivity index (χ0v) is 15.4. The van der Waals surface area contributed by atoms with Crippen LogP contribution in [0, 0.1) is 12.8 Å². The van der Waals surface area contributed by atoms with Crippen molar-refractivity contribution in [1.82, 2.24) is 4.90 Å². The van der Waals surface area contributed by atoms with E-state index < -0.39 is 0 Å². The first-order valence-electron chi connectivity index (χ1n) is 9.15. The van der Waals surface area contributed by atoms with Crippen LogP contribution >= 0.6 is 0 Å². The van der Waals surface area contributed by atoms with Crippen molar-refractivity contribution >= 4 is 23.6 Å². The van der Waals surface area contributed by atoms with Crippen LogP contribution in [0.1, 0.15) is 24.0 Å². The zero-order valence-electron chi connectivity index (χ0n) is 15.4. The topological polar surface area (TPSA) is 69.6 Å². The standard InChI is InChI=1S/C22H24N2O3/c1-16-7-9-19(20(25)15-16)23-22(27)18-11-13-24(14-12-18)21(26)10-8-17-5-3-2-4-6-17/h2-10,15,18,25H,11-14H2,1H3,(H,23,27). The SMILES string of the molecule is Cc1ccc(NC(=O)C2CCN(C(=O)C=Cc3ccccc3)CC2)c(O)c1. The largest absolute Gasteiger partial charge is 0.506 e. The summed E-state index contributed by atoms with van der Waals surface area (Å²) in [6.45, 7) is 2.98. The fraction of sp³-hybridized carbons (Fsp3) is 0.273. The van der Waals surface area contributed by atoms with Gasteiger partial charge in [0, 0.05) is 25.1 Å². The van der Waals surface area contributed by atoms with Crippen molar-refractivity contribution in [2.45, 2.75) is 19.8 Å². The van der Waals surface area contributed by atoms with Gasteiger partial charge in [-0.15, -0.1) is 0 Å². The summed E-state index contributed by atoms with van der Waals surface area (Å²) >= 11 is 0. The van der Waals surface area contributed by atoms with E-state index in [0.29, 0.717) is 31.6 Å². The summed E-state index contributed by atoms with van der Waals surface area (Å²) in [6.07, 6.45) is 4.62. The number of rotatable bonds is 4. The summed E-state index contributed by atoms with van der Waals surface area (Å²) in [7, 11) is 0. The smallest absolute Gasteiger partial charge is 0.246 e. The lowest BCUT2D eigenvalue weighted by Crippen LogP contribution is -2.40. The molecule has 1 fully saturated rings. The van der Waals surface area contributed by atoms with E-state index in [2.05, 4.69) is 5.32 Å². The lowest BCUT2D eigenvalue weighted by atomic mass is 9.95. The highest BCUT2D eigenvalue weighted by Crippen LogP contribution is 2.26. The zero-order chi connectivity index (χ0) is 19.2. The van der Waals surface area contributed by atoms with Crippen molar-refractivity contribution in [1.29, 1.82) is 0 Å². The molecule has 1 aliphatic heterocycles. The lowest BCUT2D eigenvalue weighted by Gasteiger charge is -2.30. The number of carbonyl (C=O) groups excluding carboxylic acids is 2. The molecule has 2 amide bonds. The molecule has 1 saturated heterocycles. The van der Waals surface area contributed by atoms with Crippen LogP contribution in [0.5, 0.6) is 5.75 Å². The van der Waals surface area contributed by atoms with E-state index in [-0.39, 0.29) is 23.5 Å². The highest BCUT2D eigenvalue weighted by atomic mass is 16.3. The molecule has 3 rings (SSSR count). The normalized spacial score (nSPS) is 15.1. The molecular formula is C22H24N2O3. The lowest BCUT2D eigenvalue weighted by molar-refractivity contribution is -0.130. The molecule has 2 aromatic carbocycles. The second kappa shape index (κ2) is 8.54. The van der Waals surface area contributed by atoms with Crippen LogP contribution in [0.2, 0.25) is 0 Å². The second-order valence-electron chi connectivity index (χ2n) is 6.85. The molecule has 0 bridgehead atoms. The number of piperidine rings is 1. The number of amides is 2. The van der Waals surface area contributed by atoms with Crippen molar-refractivity contribution in [3.8, 4) is 5.75 Å². The summed E-state index contributed by atoms with van der Waals surface area (Å²) in [4.78, 5) is 26.5. The molecule has 1 aliphatic rings. The van der Waals surface area contributed by atoms with E-state index in [9.17, 15) is 14.7 Å². The Kier molecular flexibility index (Phi) is 5.91. The van der Waals surface area contributed by atoms with Crippen LogP contribution in [-0.2, 0) is 9.59 Å². The minimum absolute atomic E-state index is 0.0334. The number of aryl methyl sites for hydroxylation is 1. The number of nitrogens with zero attached hydrogens (tertiary/aromatic N) is 1. The van der Waals surface area contributed by atoms with Gasteiger partial charge in [0.15, 0.2) is 0 Å². The maximum atomic E-state index is 12.5. The van der Waals surface area contributed by atoms with E-state index in [4.69, 9.17) is 0 Å². The number of likely N-dealkylation sites (tertiary alicyclic amines) is 1. The van der Waals surface area contributed by atoms with Crippen molar-refractivity contribution in [2.24, 2.45) is 5.92 Å². The Morgan fingerprint density at radius 3 is 2.48 bits per heavy atom. The molecule has 5 heteroatoms.